The quantitative estimate of drug-likeness (QED) is 0.267. The second-order valence-corrected chi connectivity index (χ2v) is 6.26. The molecule has 1 unspecified atom stereocenters. The van der Waals surface area contributed by atoms with Gasteiger partial charge in [-0.3, -0.25) is 9.59 Å². The number of benzene rings is 1. The van der Waals surface area contributed by atoms with Crippen molar-refractivity contribution in [3.05, 3.63) is 21.3 Å². The molecule has 1 atom stereocenters. The fourth-order valence-electron chi connectivity index (χ4n) is 2.13. The van der Waals surface area contributed by atoms with Crippen LogP contribution in [0.15, 0.2) is 17.2 Å². The lowest BCUT2D eigenvalue weighted by molar-refractivity contribution is -0.139. The van der Waals surface area contributed by atoms with Crippen molar-refractivity contribution in [2.45, 2.75) is 18.9 Å². The van der Waals surface area contributed by atoms with Crippen LogP contribution in [0.3, 0.4) is 0 Å². The minimum Gasteiger partial charge on any atom is -0.504 e. The first kappa shape index (κ1) is 18.5. The normalized spacial score (nSPS) is 17.0. The van der Waals surface area contributed by atoms with Gasteiger partial charge in [-0.05, 0) is 53.1 Å². The number of hydrazone groups is 1. The molecule has 1 aliphatic rings. The highest BCUT2D eigenvalue weighted by atomic mass is 127. The number of methoxy groups -OCH3 is 1. The summed E-state index contributed by atoms with van der Waals surface area (Å²) in [6.45, 7) is 0.995. The second-order valence-electron chi connectivity index (χ2n) is 5.10. The predicted molar refractivity (Wildman–Crippen MR) is 95.1 cm³/mol. The summed E-state index contributed by atoms with van der Waals surface area (Å²) in [5, 5.41) is 16.0. The number of nitrogens with zero attached hydrogens (tertiary/aromatic N) is 1. The van der Waals surface area contributed by atoms with E-state index in [1.165, 1.54) is 13.3 Å². The second kappa shape index (κ2) is 8.83. The molecule has 0 saturated carbocycles. The summed E-state index contributed by atoms with van der Waals surface area (Å²) in [4.78, 5) is 23.3. The predicted octanol–water partition coefficient (Wildman–Crippen LogP) is 0.751. The van der Waals surface area contributed by atoms with Gasteiger partial charge in [-0.1, -0.05) is 0 Å². The van der Waals surface area contributed by atoms with Crippen molar-refractivity contribution in [3.8, 4) is 11.5 Å². The van der Waals surface area contributed by atoms with E-state index in [2.05, 4.69) is 15.8 Å². The largest absolute Gasteiger partial charge is 0.504 e. The number of rotatable bonds is 5. The molecule has 1 saturated heterocycles. The molecule has 9 heteroatoms. The molecule has 1 aromatic rings. The van der Waals surface area contributed by atoms with E-state index in [0.717, 1.165) is 12.8 Å². The first-order chi connectivity index (χ1) is 11.5. The summed E-state index contributed by atoms with van der Waals surface area (Å²) < 4.78 is 11.0. The van der Waals surface area contributed by atoms with Crippen molar-refractivity contribution in [2.24, 2.45) is 5.10 Å². The number of carbonyl (C=O) groups is 2. The number of nitrogens with one attached hydrogen (secondary N) is 2. The van der Waals surface area contributed by atoms with Crippen molar-refractivity contribution < 1.29 is 24.2 Å². The van der Waals surface area contributed by atoms with Gasteiger partial charge in [-0.15, -0.1) is 0 Å². The van der Waals surface area contributed by atoms with Gasteiger partial charge < -0.3 is 19.9 Å². The third-order valence-electron chi connectivity index (χ3n) is 3.37. The van der Waals surface area contributed by atoms with Gasteiger partial charge in [0.05, 0.1) is 23.0 Å². The third kappa shape index (κ3) is 5.06. The molecule has 2 amide bonds. The first-order valence-electron chi connectivity index (χ1n) is 7.30. The molecule has 8 nitrogen and oxygen atoms in total. The Hall–Kier alpha value is -1.88. The zero-order chi connectivity index (χ0) is 17.5. The molecule has 1 aliphatic heterocycles. The monoisotopic (exact) mass is 447 g/mol. The Bertz CT molecular complexity index is 644. The van der Waals surface area contributed by atoms with Crippen LogP contribution < -0.4 is 15.5 Å². The zero-order valence-electron chi connectivity index (χ0n) is 13.0. The van der Waals surface area contributed by atoms with Crippen LogP contribution in [-0.4, -0.2) is 49.5 Å². The van der Waals surface area contributed by atoms with E-state index in [-0.39, 0.29) is 11.9 Å². The Morgan fingerprint density at radius 3 is 2.96 bits per heavy atom. The van der Waals surface area contributed by atoms with Gasteiger partial charge in [-0.25, -0.2) is 5.43 Å². The van der Waals surface area contributed by atoms with E-state index in [1.54, 1.807) is 12.1 Å². The van der Waals surface area contributed by atoms with Crippen LogP contribution in [-0.2, 0) is 14.3 Å². The Kier molecular flexibility index (Phi) is 6.79. The molecule has 2 rings (SSSR count). The minimum atomic E-state index is -0.857. The van der Waals surface area contributed by atoms with Crippen molar-refractivity contribution in [1.82, 2.24) is 10.7 Å². The van der Waals surface area contributed by atoms with Crippen LogP contribution in [0.4, 0.5) is 0 Å². The third-order valence-corrected chi connectivity index (χ3v) is 4.19. The molecule has 24 heavy (non-hydrogen) atoms. The summed E-state index contributed by atoms with van der Waals surface area (Å²) in [5.41, 5.74) is 2.76. The van der Waals surface area contributed by atoms with Gasteiger partial charge in [0.1, 0.15) is 0 Å². The maximum absolute atomic E-state index is 11.6. The maximum Gasteiger partial charge on any atom is 0.329 e. The Morgan fingerprint density at radius 2 is 2.29 bits per heavy atom. The van der Waals surface area contributed by atoms with E-state index < -0.39 is 11.8 Å². The summed E-state index contributed by atoms with van der Waals surface area (Å²) in [5.74, 6) is -1.29. The number of hydrogen-bond donors (Lipinski definition) is 3. The zero-order valence-corrected chi connectivity index (χ0v) is 15.2. The van der Waals surface area contributed by atoms with Gasteiger partial charge in [0.15, 0.2) is 11.5 Å². The first-order valence-corrected chi connectivity index (χ1v) is 8.38. The topological polar surface area (TPSA) is 109 Å². The van der Waals surface area contributed by atoms with Crippen molar-refractivity contribution in [2.75, 3.05) is 20.3 Å². The van der Waals surface area contributed by atoms with Crippen molar-refractivity contribution in [3.63, 3.8) is 0 Å². The number of phenolic OH excluding ortho intramolecular Hbond substituents is 1. The van der Waals surface area contributed by atoms with Gasteiger partial charge in [-0.2, -0.15) is 5.10 Å². The number of ether oxygens (including phenoxy) is 2. The van der Waals surface area contributed by atoms with Gasteiger partial charge in [0.25, 0.3) is 0 Å². The highest BCUT2D eigenvalue weighted by Crippen LogP contribution is 2.31. The molecular formula is C15H18IN3O5. The highest BCUT2D eigenvalue weighted by Gasteiger charge is 2.19. The van der Waals surface area contributed by atoms with Gasteiger partial charge >= 0.3 is 11.8 Å². The number of phenols is 1. The SMILES string of the molecule is COc1cc(/C=N/NC(=O)C(=O)NCC2CCCO2)cc(I)c1O. The van der Waals surface area contributed by atoms with Crippen molar-refractivity contribution >= 4 is 40.6 Å². The van der Waals surface area contributed by atoms with Gasteiger partial charge in [0.2, 0.25) is 0 Å². The van der Waals surface area contributed by atoms with Crippen LogP contribution in [0.5, 0.6) is 11.5 Å². The average Bonchev–Trinajstić information content (AvgIpc) is 3.09. The van der Waals surface area contributed by atoms with E-state index in [4.69, 9.17) is 9.47 Å². The molecule has 0 bridgehead atoms. The van der Waals surface area contributed by atoms with Crippen LogP contribution >= 0.6 is 22.6 Å². The fraction of sp³-hybridized carbons (Fsp3) is 0.400. The molecule has 130 valence electrons. The van der Waals surface area contributed by atoms with Crippen LogP contribution in [0.2, 0.25) is 0 Å². The number of carbonyl (C=O) groups excluding carboxylic acids is 2. The average molecular weight is 447 g/mol. The van der Waals surface area contributed by atoms with Crippen molar-refractivity contribution in [1.29, 1.82) is 0 Å². The lowest BCUT2D eigenvalue weighted by Crippen LogP contribution is -2.41. The molecule has 0 radical (unpaired) electrons. The smallest absolute Gasteiger partial charge is 0.329 e. The maximum atomic E-state index is 11.6. The number of hydrogen-bond acceptors (Lipinski definition) is 6. The Balaban J connectivity index is 1.85. The molecular weight excluding hydrogens is 429 g/mol. The molecule has 0 aromatic heterocycles. The molecule has 0 aliphatic carbocycles. The number of aromatic hydroxyl groups is 1. The molecule has 1 heterocycles. The van der Waals surface area contributed by atoms with Gasteiger partial charge in [0, 0.05) is 13.2 Å². The minimum absolute atomic E-state index is 0.0308. The van der Waals surface area contributed by atoms with E-state index in [1.807, 2.05) is 22.6 Å². The Morgan fingerprint density at radius 1 is 1.50 bits per heavy atom. The molecule has 1 fully saturated rings. The summed E-state index contributed by atoms with van der Waals surface area (Å²) >= 11 is 1.95. The van der Waals surface area contributed by atoms with E-state index in [9.17, 15) is 14.7 Å². The summed E-state index contributed by atoms with van der Waals surface area (Å²) in [7, 11) is 1.44. The van der Waals surface area contributed by atoms with E-state index >= 15 is 0 Å². The molecule has 1 aromatic carbocycles. The van der Waals surface area contributed by atoms with Crippen LogP contribution in [0, 0.1) is 3.57 Å². The summed E-state index contributed by atoms with van der Waals surface area (Å²) in [6.07, 6.45) is 3.17. The Labute approximate surface area is 152 Å². The highest BCUT2D eigenvalue weighted by molar-refractivity contribution is 14.1. The number of amides is 2. The van der Waals surface area contributed by atoms with E-state index in [0.29, 0.717) is 28.0 Å². The summed E-state index contributed by atoms with van der Waals surface area (Å²) in [6, 6.07) is 3.22. The number of halogens is 1. The fourth-order valence-corrected chi connectivity index (χ4v) is 2.76. The van der Waals surface area contributed by atoms with Crippen LogP contribution in [0.1, 0.15) is 18.4 Å². The standard InChI is InChI=1S/C15H18IN3O5/c1-23-12-6-9(5-11(16)13(12)20)7-18-19-15(22)14(21)17-8-10-3-2-4-24-10/h5-7,10,20H,2-4,8H2,1H3,(H,17,21)(H,19,22)/b18-7+. The lowest BCUT2D eigenvalue weighted by atomic mass is 10.2. The molecule has 0 spiro atoms. The van der Waals surface area contributed by atoms with Crippen LogP contribution in [0.25, 0.3) is 0 Å². The molecule has 3 N–H and O–H groups in total. The lowest BCUT2D eigenvalue weighted by Gasteiger charge is -2.09.